The summed E-state index contributed by atoms with van der Waals surface area (Å²) in [7, 11) is -6.00. The van der Waals surface area contributed by atoms with Crippen LogP contribution in [0.3, 0.4) is 0 Å². The average Bonchev–Trinajstić information content (AvgIpc) is 2.67. The second kappa shape index (κ2) is 10.2. The van der Waals surface area contributed by atoms with Crippen molar-refractivity contribution in [1.82, 2.24) is 0 Å². The van der Waals surface area contributed by atoms with Crippen molar-refractivity contribution in [2.45, 2.75) is 6.42 Å². The van der Waals surface area contributed by atoms with Gasteiger partial charge in [0.2, 0.25) is 0 Å². The van der Waals surface area contributed by atoms with Gasteiger partial charge in [-0.1, -0.05) is 60.7 Å². The summed E-state index contributed by atoms with van der Waals surface area (Å²) in [5.41, 5.74) is 3.47. The largest absolute Gasteiger partial charge is 0.673 e. The molecule has 0 aliphatic heterocycles. The predicted molar refractivity (Wildman–Crippen MR) is 102 cm³/mol. The first kappa shape index (κ1) is 21.1. The highest BCUT2D eigenvalue weighted by Crippen LogP contribution is 2.08. The van der Waals surface area contributed by atoms with E-state index in [1.54, 1.807) is 10.6 Å². The Hall–Kier alpha value is -3.22. The third-order valence-electron chi connectivity index (χ3n) is 3.62. The molecule has 0 saturated heterocycles. The lowest BCUT2D eigenvalue weighted by Gasteiger charge is -2.00. The Labute approximate surface area is 160 Å². The van der Waals surface area contributed by atoms with Crippen molar-refractivity contribution in [3.8, 4) is 0 Å². The van der Waals surface area contributed by atoms with Crippen LogP contribution < -0.4 is 4.57 Å². The van der Waals surface area contributed by atoms with Gasteiger partial charge >= 0.3 is 13.2 Å². The molecule has 0 spiro atoms. The molecule has 144 valence electrons. The number of carbonyl (C=O) groups excluding carboxylic acids is 1. The zero-order valence-corrected chi connectivity index (χ0v) is 14.9. The first-order valence-electron chi connectivity index (χ1n) is 8.50. The molecule has 0 fully saturated rings. The molecule has 0 aliphatic rings. The lowest BCUT2D eigenvalue weighted by Crippen LogP contribution is -2.40. The van der Waals surface area contributed by atoms with Gasteiger partial charge in [-0.15, -0.1) is 4.57 Å². The molecule has 0 amide bonds. The van der Waals surface area contributed by atoms with E-state index < -0.39 is 7.25 Å². The van der Waals surface area contributed by atoms with Gasteiger partial charge in [0, 0.05) is 12.1 Å². The smallest absolute Gasteiger partial charge is 0.418 e. The highest BCUT2D eigenvalue weighted by Gasteiger charge is 2.20. The highest BCUT2D eigenvalue weighted by atomic mass is 19.5. The molecule has 3 aromatic rings. The molecular weight excluding hydrogens is 369 g/mol. The Balaban J connectivity index is 0.000000500. The number of benzene rings is 2. The molecule has 0 N–H and O–H groups in total. The van der Waals surface area contributed by atoms with Gasteiger partial charge in [0.25, 0.3) is 0 Å². The number of aromatic nitrogens is 1. The fraction of sp³-hybridized carbons (Fsp3) is 0.0476. The summed E-state index contributed by atoms with van der Waals surface area (Å²) in [4.78, 5) is 12.2. The molecule has 2 nitrogen and oxygen atoms in total. The Morgan fingerprint density at radius 2 is 1.25 bits per heavy atom. The number of carbonyl (C=O) groups is 1. The zero-order chi connectivity index (χ0) is 20.4. The van der Waals surface area contributed by atoms with Gasteiger partial charge < -0.3 is 17.3 Å². The van der Waals surface area contributed by atoms with E-state index in [-0.39, 0.29) is 5.91 Å². The van der Waals surface area contributed by atoms with Gasteiger partial charge in [0.05, 0.1) is 6.08 Å². The predicted octanol–water partition coefficient (Wildman–Crippen LogP) is 5.22. The summed E-state index contributed by atoms with van der Waals surface area (Å²) in [6.45, 7) is 0. The molecule has 3 rings (SSSR count). The lowest BCUT2D eigenvalue weighted by molar-refractivity contribution is -0.570. The first-order valence-corrected chi connectivity index (χ1v) is 8.50. The summed E-state index contributed by atoms with van der Waals surface area (Å²) in [5, 5.41) is 0. The van der Waals surface area contributed by atoms with E-state index in [2.05, 4.69) is 12.1 Å². The average molecular weight is 387 g/mol. The van der Waals surface area contributed by atoms with Crippen LogP contribution in [0.25, 0.3) is 6.08 Å². The molecule has 1 aromatic heterocycles. The normalized spacial score (nSPS) is 11.0. The third kappa shape index (κ3) is 8.44. The van der Waals surface area contributed by atoms with Crippen molar-refractivity contribution in [2.24, 2.45) is 0 Å². The topological polar surface area (TPSA) is 20.9 Å². The van der Waals surface area contributed by atoms with Crippen molar-refractivity contribution in [3.05, 3.63) is 108 Å². The van der Waals surface area contributed by atoms with Gasteiger partial charge in [-0.2, -0.15) is 0 Å². The molecule has 7 heteroatoms. The monoisotopic (exact) mass is 387 g/mol. The number of halogens is 4. The number of pyridine rings is 1. The van der Waals surface area contributed by atoms with E-state index in [1.165, 1.54) is 11.1 Å². The van der Waals surface area contributed by atoms with E-state index in [0.29, 0.717) is 0 Å². The van der Waals surface area contributed by atoms with Crippen LogP contribution in [-0.4, -0.2) is 13.2 Å². The lowest BCUT2D eigenvalue weighted by atomic mass is 10.1. The molecule has 0 unspecified atom stereocenters. The van der Waals surface area contributed by atoms with E-state index in [0.717, 1.165) is 12.0 Å². The number of hydrogen-bond donors (Lipinski definition) is 0. The minimum atomic E-state index is -6.00. The van der Waals surface area contributed by atoms with Crippen molar-refractivity contribution in [1.29, 1.82) is 0 Å². The van der Waals surface area contributed by atoms with Gasteiger partial charge in [-0.3, -0.25) is 0 Å². The van der Waals surface area contributed by atoms with Crippen LogP contribution in [0.15, 0.2) is 91.3 Å². The van der Waals surface area contributed by atoms with Crippen LogP contribution in [0.2, 0.25) is 0 Å². The Morgan fingerprint density at radius 1 is 0.786 bits per heavy atom. The number of hydrogen-bond acceptors (Lipinski definition) is 1. The summed E-state index contributed by atoms with van der Waals surface area (Å²) in [6.07, 6.45) is 7.92. The quantitative estimate of drug-likeness (QED) is 0.260. The maximum Gasteiger partial charge on any atom is 0.673 e. The molecule has 1 heterocycles. The molecule has 0 bridgehead atoms. The van der Waals surface area contributed by atoms with Crippen LogP contribution in [-0.2, 0) is 6.42 Å². The molecule has 0 radical (unpaired) electrons. The Morgan fingerprint density at radius 3 is 1.79 bits per heavy atom. The maximum atomic E-state index is 12.2. The molecule has 0 atom stereocenters. The van der Waals surface area contributed by atoms with E-state index in [4.69, 9.17) is 0 Å². The fourth-order valence-electron chi connectivity index (χ4n) is 2.37. The molecule has 0 aliphatic carbocycles. The van der Waals surface area contributed by atoms with Crippen LogP contribution in [0.1, 0.15) is 21.5 Å². The van der Waals surface area contributed by atoms with Crippen molar-refractivity contribution in [3.63, 3.8) is 0 Å². The second-order valence-corrected chi connectivity index (χ2v) is 5.85. The van der Waals surface area contributed by atoms with Gasteiger partial charge in [0.15, 0.2) is 12.4 Å². The molecule has 28 heavy (non-hydrogen) atoms. The van der Waals surface area contributed by atoms with Gasteiger partial charge in [-0.05, 0) is 29.2 Å². The Kier molecular flexibility index (Phi) is 7.69. The minimum absolute atomic E-state index is 0.0554. The standard InChI is InChI=1S/C21H18NO.BF4/c23-21(12-11-18-7-3-1-4-8-18)22-15-13-20(14-16-22)17-19-9-5-2-6-10-19;2-1(3,4)5/h1-16H,17H2;/q+1;-1/b12-11+;. The fourth-order valence-corrected chi connectivity index (χ4v) is 2.37. The van der Waals surface area contributed by atoms with E-state index >= 15 is 0 Å². The number of allylic oxidation sites excluding steroid dienone is 1. The highest BCUT2D eigenvalue weighted by molar-refractivity contribution is 6.50. The third-order valence-corrected chi connectivity index (χ3v) is 3.62. The van der Waals surface area contributed by atoms with Crippen molar-refractivity contribution >= 4 is 19.2 Å². The number of nitrogens with zero attached hydrogens (tertiary/aromatic N) is 1. The van der Waals surface area contributed by atoms with Gasteiger partial charge in [0.1, 0.15) is 0 Å². The van der Waals surface area contributed by atoms with Crippen LogP contribution in [0, 0.1) is 0 Å². The molecule has 0 saturated carbocycles. The summed E-state index contributed by atoms with van der Waals surface area (Å²) in [6, 6.07) is 24.1. The zero-order valence-electron chi connectivity index (χ0n) is 14.9. The first-order chi connectivity index (χ1) is 13.3. The van der Waals surface area contributed by atoms with E-state index in [1.807, 2.05) is 79.1 Å². The van der Waals surface area contributed by atoms with Crippen molar-refractivity contribution < 1.29 is 26.6 Å². The summed E-state index contributed by atoms with van der Waals surface area (Å²) in [5.74, 6) is -0.0554. The van der Waals surface area contributed by atoms with Crippen LogP contribution in [0.4, 0.5) is 17.3 Å². The Bertz CT molecular complexity index is 889. The number of rotatable bonds is 4. The summed E-state index contributed by atoms with van der Waals surface area (Å²) < 4.78 is 40.6. The SMILES string of the molecule is F[B-](F)(F)F.O=C(/C=C/c1ccccc1)[n+]1ccc(Cc2ccccc2)cc1. The minimum Gasteiger partial charge on any atom is -0.418 e. The van der Waals surface area contributed by atoms with Gasteiger partial charge in [-0.25, -0.2) is 4.79 Å². The second-order valence-electron chi connectivity index (χ2n) is 5.85. The summed E-state index contributed by atoms with van der Waals surface area (Å²) >= 11 is 0. The van der Waals surface area contributed by atoms with Crippen LogP contribution in [0.5, 0.6) is 0 Å². The maximum absolute atomic E-state index is 12.2. The molecular formula is C21H18BF4NO. The van der Waals surface area contributed by atoms with Crippen LogP contribution >= 0.6 is 0 Å². The van der Waals surface area contributed by atoms with Crippen molar-refractivity contribution in [2.75, 3.05) is 0 Å². The molecule has 2 aromatic carbocycles. The van der Waals surface area contributed by atoms with E-state index in [9.17, 15) is 22.1 Å².